The van der Waals surface area contributed by atoms with E-state index in [4.69, 9.17) is 0 Å². The molecule has 0 saturated heterocycles. The number of aryl methyl sites for hydroxylation is 1. The van der Waals surface area contributed by atoms with Crippen LogP contribution in [0.25, 0.3) is 5.57 Å². The second kappa shape index (κ2) is 3.97. The molecule has 0 fully saturated rings. The van der Waals surface area contributed by atoms with E-state index in [1.807, 2.05) is 11.3 Å². The molecule has 0 atom stereocenters. The Labute approximate surface area is 91.8 Å². The number of allylic oxidation sites excluding steroid dienone is 1. The third kappa shape index (κ3) is 1.75. The Morgan fingerprint density at radius 2 is 2.23 bits per heavy atom. The van der Waals surface area contributed by atoms with Crippen molar-refractivity contribution in [3.05, 3.63) is 28.0 Å². The molecule has 1 heterocycles. The van der Waals surface area contributed by atoms with Gasteiger partial charge >= 0.3 is 0 Å². The van der Waals surface area contributed by atoms with Gasteiger partial charge in [-0.15, -0.1) is 11.3 Å². The van der Waals surface area contributed by atoms with Gasteiger partial charge < -0.3 is 0 Å². The Bertz CT molecular complexity index is 325. The maximum Gasteiger partial charge on any atom is 0.0283 e. The summed E-state index contributed by atoms with van der Waals surface area (Å²) in [5, 5.41) is 3.18. The lowest BCUT2D eigenvalue weighted by Crippen LogP contribution is -2.00. The molecule has 0 saturated carbocycles. The molecular weight excluding hydrogens is 244 g/mol. The van der Waals surface area contributed by atoms with E-state index >= 15 is 0 Å². The lowest BCUT2D eigenvalue weighted by Gasteiger charge is -2.12. The van der Waals surface area contributed by atoms with E-state index in [0.717, 1.165) is 5.33 Å². The molecule has 0 unspecified atom stereocenters. The third-order valence-electron chi connectivity index (χ3n) is 2.60. The van der Waals surface area contributed by atoms with Gasteiger partial charge in [0.05, 0.1) is 0 Å². The van der Waals surface area contributed by atoms with Crippen molar-refractivity contribution in [3.63, 3.8) is 0 Å². The quantitative estimate of drug-likeness (QED) is 0.701. The zero-order chi connectivity index (χ0) is 9.26. The van der Waals surface area contributed by atoms with Gasteiger partial charge in [-0.25, -0.2) is 0 Å². The second-order valence-electron chi connectivity index (χ2n) is 3.50. The van der Waals surface area contributed by atoms with E-state index < -0.39 is 0 Å². The van der Waals surface area contributed by atoms with Gasteiger partial charge in [-0.2, -0.15) is 0 Å². The number of rotatable bonds is 2. The molecule has 1 aromatic heterocycles. The predicted molar refractivity (Wildman–Crippen MR) is 63.8 cm³/mol. The van der Waals surface area contributed by atoms with Crippen molar-refractivity contribution in [1.29, 1.82) is 0 Å². The second-order valence-corrected chi connectivity index (χ2v) is 5.02. The van der Waals surface area contributed by atoms with Crippen LogP contribution in [0.1, 0.15) is 28.8 Å². The SMILES string of the molecule is C=C(CBr)c1csc2c1CCCC2. The zero-order valence-corrected chi connectivity index (χ0v) is 10.0. The molecule has 13 heavy (non-hydrogen) atoms. The van der Waals surface area contributed by atoms with E-state index in [1.165, 1.54) is 36.8 Å². The summed E-state index contributed by atoms with van der Waals surface area (Å²) < 4.78 is 0. The first-order valence-electron chi connectivity index (χ1n) is 4.66. The van der Waals surface area contributed by atoms with Crippen molar-refractivity contribution in [2.24, 2.45) is 0 Å². The van der Waals surface area contributed by atoms with Gasteiger partial charge in [-0.1, -0.05) is 22.5 Å². The van der Waals surface area contributed by atoms with Crippen molar-refractivity contribution in [2.75, 3.05) is 5.33 Å². The number of halogens is 1. The molecule has 0 spiro atoms. The Morgan fingerprint density at radius 1 is 1.46 bits per heavy atom. The Morgan fingerprint density at radius 3 is 3.00 bits per heavy atom. The molecule has 0 bridgehead atoms. The molecule has 2 rings (SSSR count). The van der Waals surface area contributed by atoms with Gasteiger partial charge in [0.15, 0.2) is 0 Å². The minimum atomic E-state index is 0.899. The molecule has 0 aromatic carbocycles. The molecule has 1 aliphatic rings. The molecule has 1 aromatic rings. The monoisotopic (exact) mass is 256 g/mol. The fourth-order valence-corrected chi connectivity index (χ4v) is 3.35. The van der Waals surface area contributed by atoms with Crippen LogP contribution in [0.15, 0.2) is 12.0 Å². The Kier molecular flexibility index (Phi) is 2.89. The molecule has 2 heteroatoms. The normalized spacial score (nSPS) is 15.5. The summed E-state index contributed by atoms with van der Waals surface area (Å²) in [4.78, 5) is 1.60. The van der Waals surface area contributed by atoms with Crippen LogP contribution in [0.4, 0.5) is 0 Å². The van der Waals surface area contributed by atoms with E-state index in [2.05, 4.69) is 27.9 Å². The number of alkyl halides is 1. The average Bonchev–Trinajstić information content (AvgIpc) is 2.60. The van der Waals surface area contributed by atoms with Gasteiger partial charge in [-0.3, -0.25) is 0 Å². The smallest absolute Gasteiger partial charge is 0.0283 e. The summed E-state index contributed by atoms with van der Waals surface area (Å²) >= 11 is 5.38. The fourth-order valence-electron chi connectivity index (χ4n) is 1.86. The van der Waals surface area contributed by atoms with Crippen molar-refractivity contribution in [2.45, 2.75) is 25.7 Å². The topological polar surface area (TPSA) is 0 Å². The molecule has 0 amide bonds. The molecule has 0 radical (unpaired) electrons. The van der Waals surface area contributed by atoms with E-state index in [-0.39, 0.29) is 0 Å². The molecule has 0 nitrogen and oxygen atoms in total. The summed E-state index contributed by atoms with van der Waals surface area (Å²) in [6, 6.07) is 0. The van der Waals surface area contributed by atoms with Crippen LogP contribution in [0.3, 0.4) is 0 Å². The minimum absolute atomic E-state index is 0.899. The lowest BCUT2D eigenvalue weighted by atomic mass is 9.94. The third-order valence-corrected chi connectivity index (χ3v) is 4.37. The highest BCUT2D eigenvalue weighted by Crippen LogP contribution is 2.33. The van der Waals surface area contributed by atoms with E-state index in [1.54, 1.807) is 10.4 Å². The first-order chi connectivity index (χ1) is 6.33. The molecule has 0 N–H and O–H groups in total. The van der Waals surface area contributed by atoms with Gasteiger partial charge in [0.1, 0.15) is 0 Å². The minimum Gasteiger partial charge on any atom is -0.148 e. The van der Waals surface area contributed by atoms with Gasteiger partial charge in [0.25, 0.3) is 0 Å². The standard InChI is InChI=1S/C11H13BrS/c1-8(6-12)10-7-13-11-5-3-2-4-9(10)11/h7H,1-6H2. The van der Waals surface area contributed by atoms with Crippen LogP contribution in [-0.2, 0) is 12.8 Å². The zero-order valence-electron chi connectivity index (χ0n) is 7.61. The van der Waals surface area contributed by atoms with Gasteiger partial charge in [0, 0.05) is 10.2 Å². The number of fused-ring (bicyclic) bond motifs is 1. The van der Waals surface area contributed by atoms with Crippen LogP contribution in [0.5, 0.6) is 0 Å². The van der Waals surface area contributed by atoms with E-state index in [0.29, 0.717) is 0 Å². The summed E-state index contributed by atoms with van der Waals surface area (Å²) in [7, 11) is 0. The van der Waals surface area contributed by atoms with Crippen LogP contribution in [0, 0.1) is 0 Å². The van der Waals surface area contributed by atoms with Crippen molar-refractivity contribution < 1.29 is 0 Å². The van der Waals surface area contributed by atoms with Crippen LogP contribution in [-0.4, -0.2) is 5.33 Å². The van der Waals surface area contributed by atoms with Crippen LogP contribution in [0.2, 0.25) is 0 Å². The van der Waals surface area contributed by atoms with Crippen molar-refractivity contribution in [1.82, 2.24) is 0 Å². The van der Waals surface area contributed by atoms with Gasteiger partial charge in [-0.05, 0) is 47.8 Å². The fraction of sp³-hybridized carbons (Fsp3) is 0.455. The first-order valence-corrected chi connectivity index (χ1v) is 6.66. The Balaban J connectivity index is 2.36. The molecular formula is C11H13BrS. The van der Waals surface area contributed by atoms with Crippen molar-refractivity contribution in [3.8, 4) is 0 Å². The number of thiophene rings is 1. The number of hydrogen-bond donors (Lipinski definition) is 0. The van der Waals surface area contributed by atoms with E-state index in [9.17, 15) is 0 Å². The first kappa shape index (κ1) is 9.47. The summed E-state index contributed by atoms with van der Waals surface area (Å²) in [6.45, 7) is 4.08. The Hall–Kier alpha value is -0.0800. The highest BCUT2D eigenvalue weighted by atomic mass is 79.9. The van der Waals surface area contributed by atoms with Crippen LogP contribution >= 0.6 is 27.3 Å². The largest absolute Gasteiger partial charge is 0.148 e. The maximum absolute atomic E-state index is 4.08. The summed E-state index contributed by atoms with van der Waals surface area (Å²) in [5.41, 5.74) is 4.23. The molecule has 0 aliphatic heterocycles. The predicted octanol–water partition coefficient (Wildman–Crippen LogP) is 4.04. The maximum atomic E-state index is 4.08. The summed E-state index contributed by atoms with van der Waals surface area (Å²) in [5.74, 6) is 0. The summed E-state index contributed by atoms with van der Waals surface area (Å²) in [6.07, 6.45) is 5.27. The average molecular weight is 257 g/mol. The highest BCUT2D eigenvalue weighted by Gasteiger charge is 2.16. The lowest BCUT2D eigenvalue weighted by molar-refractivity contribution is 0.696. The molecule has 70 valence electrons. The van der Waals surface area contributed by atoms with Gasteiger partial charge in [0.2, 0.25) is 0 Å². The van der Waals surface area contributed by atoms with Crippen LogP contribution < -0.4 is 0 Å². The molecule has 1 aliphatic carbocycles. The number of hydrogen-bond acceptors (Lipinski definition) is 1. The van der Waals surface area contributed by atoms with Crippen molar-refractivity contribution >= 4 is 32.8 Å². The highest BCUT2D eigenvalue weighted by molar-refractivity contribution is 9.09.